The SMILES string of the molecule is Cc1cccc(Cl)c1NS(=O)(=O)c1c(C)cc(F)cc1C. The summed E-state index contributed by atoms with van der Waals surface area (Å²) < 4.78 is 40.9. The highest BCUT2D eigenvalue weighted by Crippen LogP contribution is 2.30. The number of sulfonamides is 1. The summed E-state index contributed by atoms with van der Waals surface area (Å²) in [5.41, 5.74) is 1.75. The van der Waals surface area contributed by atoms with Crippen LogP contribution in [0.15, 0.2) is 35.2 Å². The highest BCUT2D eigenvalue weighted by Gasteiger charge is 2.22. The van der Waals surface area contributed by atoms with Crippen LogP contribution in [-0.4, -0.2) is 8.42 Å². The Morgan fingerprint density at radius 2 is 1.62 bits per heavy atom. The molecule has 0 amide bonds. The Morgan fingerprint density at radius 1 is 1.05 bits per heavy atom. The smallest absolute Gasteiger partial charge is 0.262 e. The van der Waals surface area contributed by atoms with Crippen LogP contribution in [-0.2, 0) is 10.0 Å². The second-order valence-electron chi connectivity index (χ2n) is 4.91. The summed E-state index contributed by atoms with van der Waals surface area (Å²) in [6.45, 7) is 4.88. The van der Waals surface area contributed by atoms with E-state index in [4.69, 9.17) is 11.6 Å². The summed E-state index contributed by atoms with van der Waals surface area (Å²) in [7, 11) is -3.84. The van der Waals surface area contributed by atoms with Crippen molar-refractivity contribution in [2.45, 2.75) is 25.7 Å². The number of aryl methyl sites for hydroxylation is 3. The molecule has 3 nitrogen and oxygen atoms in total. The number of nitrogens with one attached hydrogen (secondary N) is 1. The van der Waals surface area contributed by atoms with E-state index in [-0.39, 0.29) is 4.90 Å². The first-order valence-corrected chi connectivity index (χ1v) is 8.13. The maximum Gasteiger partial charge on any atom is 0.262 e. The Morgan fingerprint density at radius 3 is 2.14 bits per heavy atom. The van der Waals surface area contributed by atoms with Crippen molar-refractivity contribution in [3.63, 3.8) is 0 Å². The zero-order valence-corrected chi connectivity index (χ0v) is 13.4. The lowest BCUT2D eigenvalue weighted by molar-refractivity contribution is 0.597. The minimum atomic E-state index is -3.84. The molecule has 112 valence electrons. The van der Waals surface area contributed by atoms with Gasteiger partial charge in [-0.05, 0) is 55.7 Å². The van der Waals surface area contributed by atoms with Crippen LogP contribution in [0.5, 0.6) is 0 Å². The number of hydrogen-bond acceptors (Lipinski definition) is 2. The Bertz CT molecular complexity index is 760. The summed E-state index contributed by atoms with van der Waals surface area (Å²) >= 11 is 6.04. The van der Waals surface area contributed by atoms with E-state index in [2.05, 4.69) is 4.72 Å². The van der Waals surface area contributed by atoms with Crippen molar-refractivity contribution in [3.8, 4) is 0 Å². The lowest BCUT2D eigenvalue weighted by Gasteiger charge is -2.15. The monoisotopic (exact) mass is 327 g/mol. The van der Waals surface area contributed by atoms with Gasteiger partial charge in [-0.2, -0.15) is 0 Å². The van der Waals surface area contributed by atoms with E-state index in [1.807, 2.05) is 0 Å². The van der Waals surface area contributed by atoms with Gasteiger partial charge in [0.1, 0.15) is 5.82 Å². The van der Waals surface area contributed by atoms with E-state index in [0.717, 1.165) is 0 Å². The van der Waals surface area contributed by atoms with Gasteiger partial charge >= 0.3 is 0 Å². The highest BCUT2D eigenvalue weighted by atomic mass is 35.5. The lowest BCUT2D eigenvalue weighted by atomic mass is 10.1. The molecule has 0 radical (unpaired) electrons. The zero-order chi connectivity index (χ0) is 15.8. The molecule has 6 heteroatoms. The maximum atomic E-state index is 13.3. The Labute approximate surface area is 128 Å². The normalized spacial score (nSPS) is 11.5. The molecule has 0 heterocycles. The first-order valence-electron chi connectivity index (χ1n) is 6.27. The van der Waals surface area contributed by atoms with E-state index in [0.29, 0.717) is 27.4 Å². The molecule has 0 spiro atoms. The first-order chi connectivity index (χ1) is 9.72. The molecule has 2 aromatic carbocycles. The molecular weight excluding hydrogens is 313 g/mol. The molecular formula is C15H15ClFNO2S. The third-order valence-electron chi connectivity index (χ3n) is 3.15. The van der Waals surface area contributed by atoms with Gasteiger partial charge in [0.25, 0.3) is 10.0 Å². The molecule has 0 fully saturated rings. The van der Waals surface area contributed by atoms with Gasteiger partial charge in [-0.1, -0.05) is 23.7 Å². The van der Waals surface area contributed by atoms with E-state index in [1.165, 1.54) is 12.1 Å². The molecule has 0 bridgehead atoms. The Kier molecular flexibility index (Phi) is 4.25. The fraction of sp³-hybridized carbons (Fsp3) is 0.200. The van der Waals surface area contributed by atoms with Crippen molar-refractivity contribution in [2.75, 3.05) is 4.72 Å². The molecule has 0 aliphatic carbocycles. The standard InChI is InChI=1S/C15H15ClFNO2S/c1-9-5-4-6-13(16)14(9)18-21(19,20)15-10(2)7-12(17)8-11(15)3/h4-8,18H,1-3H3. The van der Waals surface area contributed by atoms with E-state index >= 15 is 0 Å². The molecule has 2 aromatic rings. The zero-order valence-electron chi connectivity index (χ0n) is 11.9. The van der Waals surface area contributed by atoms with Crippen molar-refractivity contribution in [1.82, 2.24) is 0 Å². The Hall–Kier alpha value is -1.59. The summed E-state index contributed by atoms with van der Waals surface area (Å²) in [6, 6.07) is 7.50. The fourth-order valence-corrected chi connectivity index (χ4v) is 4.20. The van der Waals surface area contributed by atoms with Gasteiger partial charge in [0, 0.05) is 0 Å². The molecule has 0 aromatic heterocycles. The minimum Gasteiger partial charge on any atom is -0.278 e. The van der Waals surface area contributed by atoms with Crippen molar-refractivity contribution in [1.29, 1.82) is 0 Å². The average Bonchev–Trinajstić information content (AvgIpc) is 2.32. The Balaban J connectivity index is 2.54. The summed E-state index contributed by atoms with van der Waals surface area (Å²) in [4.78, 5) is 0.0724. The molecule has 0 saturated heterocycles. The van der Waals surface area contributed by atoms with Gasteiger partial charge < -0.3 is 0 Å². The summed E-state index contributed by atoms with van der Waals surface area (Å²) in [6.07, 6.45) is 0. The van der Waals surface area contributed by atoms with Crippen LogP contribution in [0.25, 0.3) is 0 Å². The second kappa shape index (κ2) is 5.66. The van der Waals surface area contributed by atoms with Crippen molar-refractivity contribution < 1.29 is 12.8 Å². The predicted molar refractivity (Wildman–Crippen MR) is 82.9 cm³/mol. The van der Waals surface area contributed by atoms with E-state index in [9.17, 15) is 12.8 Å². The van der Waals surface area contributed by atoms with E-state index in [1.54, 1.807) is 39.0 Å². The highest BCUT2D eigenvalue weighted by molar-refractivity contribution is 7.92. The van der Waals surface area contributed by atoms with Crippen molar-refractivity contribution in [2.24, 2.45) is 0 Å². The molecule has 0 atom stereocenters. The largest absolute Gasteiger partial charge is 0.278 e. The van der Waals surface area contributed by atoms with Crippen LogP contribution >= 0.6 is 11.6 Å². The van der Waals surface area contributed by atoms with E-state index < -0.39 is 15.8 Å². The van der Waals surface area contributed by atoms with Gasteiger partial charge in [-0.25, -0.2) is 12.8 Å². The number of para-hydroxylation sites is 1. The van der Waals surface area contributed by atoms with Gasteiger partial charge in [0.05, 0.1) is 15.6 Å². The van der Waals surface area contributed by atoms with Crippen LogP contribution in [0.4, 0.5) is 10.1 Å². The van der Waals surface area contributed by atoms with Crippen LogP contribution in [0, 0.1) is 26.6 Å². The number of anilines is 1. The minimum absolute atomic E-state index is 0.0724. The van der Waals surface area contributed by atoms with Gasteiger partial charge in [0.15, 0.2) is 0 Å². The van der Waals surface area contributed by atoms with Crippen LogP contribution in [0.1, 0.15) is 16.7 Å². The van der Waals surface area contributed by atoms with Crippen molar-refractivity contribution in [3.05, 3.63) is 57.9 Å². The van der Waals surface area contributed by atoms with Crippen molar-refractivity contribution >= 4 is 27.3 Å². The maximum absolute atomic E-state index is 13.3. The average molecular weight is 328 g/mol. The molecule has 0 aliphatic rings. The molecule has 0 saturated carbocycles. The molecule has 0 aliphatic heterocycles. The van der Waals surface area contributed by atoms with Crippen LogP contribution in [0.2, 0.25) is 5.02 Å². The molecule has 1 N–H and O–H groups in total. The van der Waals surface area contributed by atoms with Gasteiger partial charge in [-0.3, -0.25) is 4.72 Å². The summed E-state index contributed by atoms with van der Waals surface area (Å²) in [5, 5.41) is 0.316. The topological polar surface area (TPSA) is 46.2 Å². The first kappa shape index (κ1) is 15.8. The molecule has 0 unspecified atom stereocenters. The second-order valence-corrected chi connectivity index (χ2v) is 6.93. The predicted octanol–water partition coefficient (Wildman–Crippen LogP) is 4.21. The number of hydrogen-bond donors (Lipinski definition) is 1. The summed E-state index contributed by atoms with van der Waals surface area (Å²) in [5.74, 6) is -0.460. The van der Waals surface area contributed by atoms with Gasteiger partial charge in [-0.15, -0.1) is 0 Å². The quantitative estimate of drug-likeness (QED) is 0.918. The van der Waals surface area contributed by atoms with Crippen LogP contribution in [0.3, 0.4) is 0 Å². The van der Waals surface area contributed by atoms with Crippen LogP contribution < -0.4 is 4.72 Å². The number of halogens is 2. The fourth-order valence-electron chi connectivity index (χ4n) is 2.27. The van der Waals surface area contributed by atoms with Gasteiger partial charge in [0.2, 0.25) is 0 Å². The lowest BCUT2D eigenvalue weighted by Crippen LogP contribution is -2.17. The third-order valence-corrected chi connectivity index (χ3v) is 5.12. The third kappa shape index (κ3) is 3.19. The molecule has 21 heavy (non-hydrogen) atoms. The molecule has 2 rings (SSSR count). The number of rotatable bonds is 3. The number of benzene rings is 2.